The van der Waals surface area contributed by atoms with Gasteiger partial charge in [-0.25, -0.2) is 0 Å². The van der Waals surface area contributed by atoms with Gasteiger partial charge in [0.1, 0.15) is 0 Å². The van der Waals surface area contributed by atoms with Crippen molar-refractivity contribution in [1.29, 1.82) is 0 Å². The lowest BCUT2D eigenvalue weighted by Gasteiger charge is -2.05. The fourth-order valence-electron chi connectivity index (χ4n) is 2.18. The number of carbonyl (C=O) groups is 1. The fraction of sp³-hybridized carbons (Fsp3) is 0. The highest BCUT2D eigenvalue weighted by Gasteiger charge is 2.34. The maximum Gasteiger partial charge on any atom is 0.427 e. The van der Waals surface area contributed by atoms with E-state index < -0.39 is 16.6 Å². The zero-order valence-electron chi connectivity index (χ0n) is 12.4. The van der Waals surface area contributed by atoms with Gasteiger partial charge in [0.05, 0.1) is 5.02 Å². The molecule has 0 aliphatic rings. The zero-order chi connectivity index (χ0) is 18.0. The Kier molecular flexibility index (Phi) is 4.69. The lowest BCUT2D eigenvalue weighted by atomic mass is 10.1. The predicted octanol–water partition coefficient (Wildman–Crippen LogP) is 4.81. The average Bonchev–Trinajstić information content (AvgIpc) is 3.01. The van der Waals surface area contributed by atoms with E-state index >= 15 is 0 Å². The molecule has 2 aromatic carbocycles. The summed E-state index contributed by atoms with van der Waals surface area (Å²) in [7, 11) is 0. The first-order chi connectivity index (χ1) is 12.0. The summed E-state index contributed by atoms with van der Waals surface area (Å²) in [6, 6.07) is 13.0. The summed E-state index contributed by atoms with van der Waals surface area (Å²) in [5.74, 6) is -1.54. The second kappa shape index (κ2) is 6.92. The van der Waals surface area contributed by atoms with Gasteiger partial charge in [-0.15, -0.1) is 0 Å². The van der Waals surface area contributed by atoms with Gasteiger partial charge in [0.15, 0.2) is 10.7 Å². The van der Waals surface area contributed by atoms with E-state index in [1.54, 1.807) is 30.3 Å². The van der Waals surface area contributed by atoms with Crippen molar-refractivity contribution in [3.8, 4) is 11.3 Å². The van der Waals surface area contributed by atoms with E-state index in [0.717, 1.165) is 0 Å². The molecule has 0 bridgehead atoms. The number of hydrogen-bond donors (Lipinski definition) is 1. The third-order valence-corrected chi connectivity index (χ3v) is 3.83. The van der Waals surface area contributed by atoms with E-state index in [1.807, 2.05) is 0 Å². The van der Waals surface area contributed by atoms with Gasteiger partial charge in [0, 0.05) is 16.3 Å². The standard InChI is InChI=1S/C16H9Cl2N3O4/c17-9-6-7-11(12(18)8-9)14-13(15(20-25-14)21(23)24)16(22)19-10-4-2-1-3-5-10/h1-8H,(H,19,22). The molecule has 0 aliphatic heterocycles. The van der Waals surface area contributed by atoms with Crippen LogP contribution in [0, 0.1) is 10.1 Å². The first kappa shape index (κ1) is 16.9. The summed E-state index contributed by atoms with van der Waals surface area (Å²) in [6.45, 7) is 0. The van der Waals surface area contributed by atoms with E-state index in [-0.39, 0.29) is 21.9 Å². The minimum atomic E-state index is -0.795. The molecule has 25 heavy (non-hydrogen) atoms. The van der Waals surface area contributed by atoms with Crippen LogP contribution in [0.2, 0.25) is 10.0 Å². The van der Waals surface area contributed by atoms with Crippen LogP contribution in [-0.2, 0) is 0 Å². The van der Waals surface area contributed by atoms with Crippen molar-refractivity contribution in [2.45, 2.75) is 0 Å². The van der Waals surface area contributed by atoms with Gasteiger partial charge < -0.3 is 15.4 Å². The SMILES string of the molecule is O=C(Nc1ccccc1)c1c([N+](=O)[O-])noc1-c1ccc(Cl)cc1Cl. The maximum atomic E-state index is 12.6. The Bertz CT molecular complexity index is 957. The lowest BCUT2D eigenvalue weighted by molar-refractivity contribution is -0.391. The highest BCUT2D eigenvalue weighted by Crippen LogP contribution is 2.36. The molecule has 0 saturated carbocycles. The quantitative estimate of drug-likeness (QED) is 0.519. The van der Waals surface area contributed by atoms with Crippen LogP contribution >= 0.6 is 23.2 Å². The number of anilines is 1. The van der Waals surface area contributed by atoms with Crippen LogP contribution in [0.5, 0.6) is 0 Å². The van der Waals surface area contributed by atoms with Gasteiger partial charge in [0.25, 0.3) is 5.91 Å². The van der Waals surface area contributed by atoms with Gasteiger partial charge in [-0.3, -0.25) is 9.32 Å². The Labute approximate surface area is 151 Å². The van der Waals surface area contributed by atoms with Crippen molar-refractivity contribution >= 4 is 40.6 Å². The molecule has 1 heterocycles. The molecular weight excluding hydrogens is 369 g/mol. The van der Waals surface area contributed by atoms with Crippen LogP contribution in [0.4, 0.5) is 11.5 Å². The van der Waals surface area contributed by atoms with Gasteiger partial charge in [-0.05, 0) is 35.3 Å². The largest absolute Gasteiger partial charge is 0.427 e. The highest BCUT2D eigenvalue weighted by atomic mass is 35.5. The fourth-order valence-corrected chi connectivity index (χ4v) is 2.68. The number of benzene rings is 2. The minimum Gasteiger partial charge on any atom is -0.358 e. The monoisotopic (exact) mass is 377 g/mol. The third kappa shape index (κ3) is 3.47. The molecule has 7 nitrogen and oxygen atoms in total. The molecule has 0 unspecified atom stereocenters. The number of para-hydroxylation sites is 1. The summed E-state index contributed by atoms with van der Waals surface area (Å²) in [6.07, 6.45) is 0. The van der Waals surface area contributed by atoms with Crippen LogP contribution in [0.25, 0.3) is 11.3 Å². The number of nitrogens with one attached hydrogen (secondary N) is 1. The van der Waals surface area contributed by atoms with Crippen LogP contribution < -0.4 is 5.32 Å². The van der Waals surface area contributed by atoms with E-state index in [2.05, 4.69) is 10.5 Å². The number of nitro groups is 1. The summed E-state index contributed by atoms with van der Waals surface area (Å²) in [5.41, 5.74) is 0.416. The summed E-state index contributed by atoms with van der Waals surface area (Å²) in [5, 5.41) is 17.7. The molecule has 1 N–H and O–H groups in total. The van der Waals surface area contributed by atoms with Crippen molar-refractivity contribution in [2.24, 2.45) is 0 Å². The van der Waals surface area contributed by atoms with Gasteiger partial charge in [0.2, 0.25) is 5.76 Å². The molecule has 0 aliphatic carbocycles. The summed E-state index contributed by atoms with van der Waals surface area (Å²) in [4.78, 5) is 23.0. The minimum absolute atomic E-state index is 0.109. The number of halogens is 2. The molecule has 0 spiro atoms. The topological polar surface area (TPSA) is 98.3 Å². The van der Waals surface area contributed by atoms with Crippen molar-refractivity contribution in [2.75, 3.05) is 5.32 Å². The number of hydrogen-bond acceptors (Lipinski definition) is 5. The first-order valence-corrected chi connectivity index (χ1v) is 7.69. The normalized spacial score (nSPS) is 10.5. The van der Waals surface area contributed by atoms with Crippen LogP contribution in [-0.4, -0.2) is 16.0 Å². The van der Waals surface area contributed by atoms with E-state index in [4.69, 9.17) is 27.7 Å². The van der Waals surface area contributed by atoms with E-state index in [0.29, 0.717) is 10.7 Å². The van der Waals surface area contributed by atoms with Crippen molar-refractivity contribution in [3.05, 3.63) is 74.3 Å². The van der Waals surface area contributed by atoms with Crippen LogP contribution in [0.3, 0.4) is 0 Å². The van der Waals surface area contributed by atoms with E-state index in [1.165, 1.54) is 18.2 Å². The molecule has 0 fully saturated rings. The van der Waals surface area contributed by atoms with Crippen LogP contribution in [0.15, 0.2) is 53.1 Å². The second-order valence-corrected chi connectivity index (χ2v) is 5.76. The second-order valence-electron chi connectivity index (χ2n) is 4.91. The lowest BCUT2D eigenvalue weighted by Crippen LogP contribution is -2.14. The smallest absolute Gasteiger partial charge is 0.358 e. The molecule has 0 radical (unpaired) electrons. The molecule has 0 atom stereocenters. The molecule has 1 amide bonds. The Morgan fingerprint density at radius 3 is 2.52 bits per heavy atom. The van der Waals surface area contributed by atoms with E-state index in [9.17, 15) is 14.9 Å². The van der Waals surface area contributed by atoms with Crippen molar-refractivity contribution in [1.82, 2.24) is 5.16 Å². The molecule has 3 rings (SSSR count). The van der Waals surface area contributed by atoms with Crippen LogP contribution in [0.1, 0.15) is 10.4 Å². The van der Waals surface area contributed by atoms with Crippen molar-refractivity contribution in [3.63, 3.8) is 0 Å². The Hall–Kier alpha value is -2.90. The highest BCUT2D eigenvalue weighted by molar-refractivity contribution is 6.36. The number of nitrogens with zero attached hydrogens (tertiary/aromatic N) is 2. The number of aromatic nitrogens is 1. The summed E-state index contributed by atoms with van der Waals surface area (Å²) >= 11 is 12.0. The molecule has 0 saturated heterocycles. The molecule has 3 aromatic rings. The average molecular weight is 378 g/mol. The molecule has 126 valence electrons. The van der Waals surface area contributed by atoms with Gasteiger partial charge in [-0.1, -0.05) is 41.4 Å². The Morgan fingerprint density at radius 2 is 1.88 bits per heavy atom. The number of rotatable bonds is 4. The Balaban J connectivity index is 2.09. The first-order valence-electron chi connectivity index (χ1n) is 6.93. The number of amides is 1. The predicted molar refractivity (Wildman–Crippen MR) is 93.0 cm³/mol. The van der Waals surface area contributed by atoms with Crippen molar-refractivity contribution < 1.29 is 14.2 Å². The third-order valence-electron chi connectivity index (χ3n) is 3.28. The summed E-state index contributed by atoms with van der Waals surface area (Å²) < 4.78 is 5.04. The zero-order valence-corrected chi connectivity index (χ0v) is 13.9. The van der Waals surface area contributed by atoms with Gasteiger partial charge in [-0.2, -0.15) is 0 Å². The number of carbonyl (C=O) groups excluding carboxylic acids is 1. The van der Waals surface area contributed by atoms with Gasteiger partial charge >= 0.3 is 5.82 Å². The molecular formula is C16H9Cl2N3O4. The molecule has 9 heteroatoms. The maximum absolute atomic E-state index is 12.6. The molecule has 1 aromatic heterocycles. The Morgan fingerprint density at radius 1 is 1.16 bits per heavy atom.